The third-order valence-corrected chi connectivity index (χ3v) is 2.70. The maximum Gasteiger partial charge on any atom is 0.389 e. The summed E-state index contributed by atoms with van der Waals surface area (Å²) in [6.07, 6.45) is -0.744. The van der Waals surface area contributed by atoms with E-state index in [1.807, 2.05) is 4.57 Å². The minimum atomic E-state index is -4.06. The quantitative estimate of drug-likeness (QED) is 0.705. The summed E-state index contributed by atoms with van der Waals surface area (Å²) in [5.41, 5.74) is 0.975. The monoisotopic (exact) mass is 279 g/mol. The minimum absolute atomic E-state index is 0.151. The van der Waals surface area contributed by atoms with Gasteiger partial charge in [0.1, 0.15) is 0 Å². The van der Waals surface area contributed by atoms with Crippen LogP contribution in [0.15, 0.2) is 12.5 Å². The molecule has 0 saturated carbocycles. The van der Waals surface area contributed by atoms with Crippen LogP contribution in [0.5, 0.6) is 0 Å². The van der Waals surface area contributed by atoms with E-state index >= 15 is 0 Å². The Hall–Kier alpha value is -1.08. The Morgan fingerprint density at radius 1 is 1.37 bits per heavy atom. The van der Waals surface area contributed by atoms with Gasteiger partial charge in [-0.3, -0.25) is 0 Å². The fraction of sp³-hybridized carbons (Fsp3) is 0.750. The summed E-state index contributed by atoms with van der Waals surface area (Å²) < 4.78 is 42.8. The Labute approximate surface area is 111 Å². The van der Waals surface area contributed by atoms with Crippen molar-refractivity contribution in [2.45, 2.75) is 38.5 Å². The highest BCUT2D eigenvalue weighted by Gasteiger charge is 2.25. The molecule has 0 amide bonds. The Kier molecular flexibility index (Phi) is 6.86. The molecule has 0 atom stereocenters. The van der Waals surface area contributed by atoms with Crippen LogP contribution >= 0.6 is 0 Å². The van der Waals surface area contributed by atoms with Crippen LogP contribution in [-0.4, -0.2) is 36.0 Å². The van der Waals surface area contributed by atoms with Crippen molar-refractivity contribution in [1.29, 1.82) is 0 Å². The number of aryl methyl sites for hydroxylation is 1. The molecule has 0 saturated heterocycles. The van der Waals surface area contributed by atoms with Gasteiger partial charge in [0.05, 0.1) is 18.6 Å². The van der Waals surface area contributed by atoms with Gasteiger partial charge in [-0.05, 0) is 12.8 Å². The Morgan fingerprint density at radius 2 is 2.16 bits per heavy atom. The fourth-order valence-electron chi connectivity index (χ4n) is 1.69. The Balaban J connectivity index is 2.24. The number of unbranched alkanes of at least 4 members (excludes halogenated alkanes) is 1. The predicted molar refractivity (Wildman–Crippen MR) is 65.7 cm³/mol. The van der Waals surface area contributed by atoms with E-state index in [2.05, 4.69) is 10.3 Å². The number of halogens is 3. The molecule has 1 aromatic rings. The first kappa shape index (κ1) is 16.0. The number of nitrogens with zero attached hydrogens (tertiary/aromatic N) is 2. The molecule has 110 valence electrons. The number of aromatic nitrogens is 2. The van der Waals surface area contributed by atoms with Crippen LogP contribution in [0.2, 0.25) is 0 Å². The molecule has 0 aromatic carbocycles. The van der Waals surface area contributed by atoms with Crippen LogP contribution in [0.3, 0.4) is 0 Å². The average Bonchev–Trinajstić information content (AvgIpc) is 2.77. The first-order valence-corrected chi connectivity index (χ1v) is 6.28. The zero-order valence-corrected chi connectivity index (χ0v) is 11.0. The number of nitrogens with one attached hydrogen (secondary N) is 1. The molecule has 1 rings (SSSR count). The number of imidazole rings is 1. The lowest BCUT2D eigenvalue weighted by Gasteiger charge is -2.10. The molecule has 7 heteroatoms. The molecule has 0 aliphatic heterocycles. The van der Waals surface area contributed by atoms with Gasteiger partial charge in [0.2, 0.25) is 0 Å². The lowest BCUT2D eigenvalue weighted by molar-refractivity contribution is -0.135. The molecule has 0 aliphatic carbocycles. The van der Waals surface area contributed by atoms with Crippen LogP contribution in [0.4, 0.5) is 13.2 Å². The number of hydrogen-bond donors (Lipinski definition) is 1. The van der Waals surface area contributed by atoms with Gasteiger partial charge < -0.3 is 14.6 Å². The molecule has 0 radical (unpaired) electrons. The average molecular weight is 279 g/mol. The molecule has 1 heterocycles. The van der Waals surface area contributed by atoms with Crippen molar-refractivity contribution in [3.05, 3.63) is 18.2 Å². The second-order valence-electron chi connectivity index (χ2n) is 4.32. The summed E-state index contributed by atoms with van der Waals surface area (Å²) in [5, 5.41) is 3.18. The van der Waals surface area contributed by atoms with Crippen molar-refractivity contribution in [2.75, 3.05) is 20.3 Å². The molecule has 0 aliphatic rings. The van der Waals surface area contributed by atoms with Crippen LogP contribution in [-0.2, 0) is 17.8 Å². The number of methoxy groups -OCH3 is 1. The standard InChI is InChI=1S/C12H20F3N3O/c1-19-7-5-16-8-11-9-17-10-18(11)6-3-2-4-12(13,14)15/h9-10,16H,2-8H2,1H3. The van der Waals surface area contributed by atoms with Gasteiger partial charge in [0, 0.05) is 39.4 Å². The van der Waals surface area contributed by atoms with Gasteiger partial charge in [0.15, 0.2) is 0 Å². The predicted octanol–water partition coefficient (Wildman–Crippen LogP) is 2.35. The Bertz CT molecular complexity index is 352. The van der Waals surface area contributed by atoms with Crippen LogP contribution in [0, 0.1) is 0 Å². The summed E-state index contributed by atoms with van der Waals surface area (Å²) in [5.74, 6) is 0. The number of alkyl halides is 3. The van der Waals surface area contributed by atoms with Crippen molar-refractivity contribution in [3.63, 3.8) is 0 Å². The first-order valence-electron chi connectivity index (χ1n) is 6.28. The maximum absolute atomic E-state index is 12.0. The molecule has 0 bridgehead atoms. The SMILES string of the molecule is COCCNCc1cncn1CCCCC(F)(F)F. The van der Waals surface area contributed by atoms with Crippen LogP contribution < -0.4 is 5.32 Å². The van der Waals surface area contributed by atoms with Gasteiger partial charge in [0.25, 0.3) is 0 Å². The molecule has 1 N–H and O–H groups in total. The minimum Gasteiger partial charge on any atom is -0.383 e. The summed E-state index contributed by atoms with van der Waals surface area (Å²) >= 11 is 0. The first-order chi connectivity index (χ1) is 9.03. The van der Waals surface area contributed by atoms with Crippen LogP contribution in [0.25, 0.3) is 0 Å². The molecule has 1 aromatic heterocycles. The molecule has 4 nitrogen and oxygen atoms in total. The normalized spacial score (nSPS) is 12.0. The van der Waals surface area contributed by atoms with E-state index < -0.39 is 12.6 Å². The lowest BCUT2D eigenvalue weighted by Crippen LogP contribution is -2.20. The summed E-state index contributed by atoms with van der Waals surface area (Å²) in [7, 11) is 1.63. The Morgan fingerprint density at radius 3 is 2.84 bits per heavy atom. The highest BCUT2D eigenvalue weighted by atomic mass is 19.4. The molecule has 0 fully saturated rings. The highest BCUT2D eigenvalue weighted by molar-refractivity contribution is 4.97. The fourth-order valence-corrected chi connectivity index (χ4v) is 1.69. The third kappa shape index (κ3) is 7.17. The van der Waals surface area contributed by atoms with Gasteiger partial charge in [-0.2, -0.15) is 13.2 Å². The summed E-state index contributed by atoms with van der Waals surface area (Å²) in [6, 6.07) is 0. The van der Waals surface area contributed by atoms with E-state index in [4.69, 9.17) is 4.74 Å². The van der Waals surface area contributed by atoms with E-state index in [0.29, 0.717) is 26.1 Å². The smallest absolute Gasteiger partial charge is 0.383 e. The van der Waals surface area contributed by atoms with E-state index in [0.717, 1.165) is 12.2 Å². The summed E-state index contributed by atoms with van der Waals surface area (Å²) in [4.78, 5) is 4.02. The van der Waals surface area contributed by atoms with Crippen molar-refractivity contribution >= 4 is 0 Å². The molecule has 0 spiro atoms. The van der Waals surface area contributed by atoms with E-state index in [1.54, 1.807) is 19.6 Å². The van der Waals surface area contributed by atoms with E-state index in [1.165, 1.54) is 0 Å². The van der Waals surface area contributed by atoms with Crippen molar-refractivity contribution < 1.29 is 17.9 Å². The van der Waals surface area contributed by atoms with E-state index in [-0.39, 0.29) is 6.42 Å². The van der Waals surface area contributed by atoms with Gasteiger partial charge >= 0.3 is 6.18 Å². The zero-order chi connectivity index (χ0) is 14.1. The third-order valence-electron chi connectivity index (χ3n) is 2.70. The van der Waals surface area contributed by atoms with Gasteiger partial charge in [-0.25, -0.2) is 4.98 Å². The van der Waals surface area contributed by atoms with Gasteiger partial charge in [-0.15, -0.1) is 0 Å². The number of ether oxygens (including phenoxy) is 1. The second kappa shape index (κ2) is 8.16. The maximum atomic E-state index is 12.0. The van der Waals surface area contributed by atoms with Crippen molar-refractivity contribution in [1.82, 2.24) is 14.9 Å². The zero-order valence-electron chi connectivity index (χ0n) is 11.0. The molecular weight excluding hydrogens is 259 g/mol. The topological polar surface area (TPSA) is 39.1 Å². The number of hydrogen-bond acceptors (Lipinski definition) is 3. The van der Waals surface area contributed by atoms with Crippen LogP contribution in [0.1, 0.15) is 25.0 Å². The summed E-state index contributed by atoms with van der Waals surface area (Å²) in [6.45, 7) is 2.56. The second-order valence-corrected chi connectivity index (χ2v) is 4.32. The van der Waals surface area contributed by atoms with Gasteiger partial charge in [-0.1, -0.05) is 0 Å². The molecule has 0 unspecified atom stereocenters. The number of rotatable bonds is 9. The lowest BCUT2D eigenvalue weighted by atomic mass is 10.2. The molecule has 19 heavy (non-hydrogen) atoms. The van der Waals surface area contributed by atoms with Crippen molar-refractivity contribution in [2.24, 2.45) is 0 Å². The largest absolute Gasteiger partial charge is 0.389 e. The molecular formula is C12H20F3N3O. The van der Waals surface area contributed by atoms with Crippen molar-refractivity contribution in [3.8, 4) is 0 Å². The van der Waals surface area contributed by atoms with E-state index in [9.17, 15) is 13.2 Å². The highest BCUT2D eigenvalue weighted by Crippen LogP contribution is 2.22.